The lowest BCUT2D eigenvalue weighted by Crippen LogP contribution is -2.08. The molecule has 1 aromatic carbocycles. The van der Waals surface area contributed by atoms with Crippen molar-refractivity contribution in [3.05, 3.63) is 63.9 Å². The molecule has 1 aromatic heterocycles. The zero-order chi connectivity index (χ0) is 13.1. The zero-order valence-corrected chi connectivity index (χ0v) is 10.7. The predicted octanol–water partition coefficient (Wildman–Crippen LogP) is 3.55. The molecule has 0 spiro atoms. The summed E-state index contributed by atoms with van der Waals surface area (Å²) in [5.74, 6) is -1.54. The highest BCUT2D eigenvalue weighted by Gasteiger charge is 2.14. The number of halogens is 3. The van der Waals surface area contributed by atoms with Gasteiger partial charge in [0.05, 0.1) is 0 Å². The molecule has 0 aliphatic carbocycles. The van der Waals surface area contributed by atoms with Crippen LogP contribution in [0, 0.1) is 11.6 Å². The number of nitrogens with zero attached hydrogens (tertiary/aromatic N) is 1. The minimum absolute atomic E-state index is 0.0255. The van der Waals surface area contributed by atoms with E-state index in [2.05, 4.69) is 20.9 Å². The van der Waals surface area contributed by atoms with E-state index in [0.717, 1.165) is 18.2 Å². The summed E-state index contributed by atoms with van der Waals surface area (Å²) in [6.07, 6.45) is 1.25. The van der Waals surface area contributed by atoms with Crippen molar-refractivity contribution in [3.8, 4) is 0 Å². The summed E-state index contributed by atoms with van der Waals surface area (Å²) in [6.45, 7) is 0. The maximum Gasteiger partial charge on any atom is 0.186 e. The van der Waals surface area contributed by atoms with Gasteiger partial charge in [-0.2, -0.15) is 0 Å². The molecule has 5 heteroatoms. The number of carbonyl (C=O) groups is 1. The summed E-state index contributed by atoms with van der Waals surface area (Å²) in [5, 5.41) is 0. The number of ketones is 1. The summed E-state index contributed by atoms with van der Waals surface area (Å²) in [5.41, 5.74) is 0.235. The van der Waals surface area contributed by atoms with E-state index < -0.39 is 11.6 Å². The smallest absolute Gasteiger partial charge is 0.186 e. The third-order valence-corrected chi connectivity index (χ3v) is 3.02. The number of aromatic nitrogens is 1. The van der Waals surface area contributed by atoms with Gasteiger partial charge in [-0.15, -0.1) is 0 Å². The fraction of sp³-hybridized carbons (Fsp3) is 0.0769. The van der Waals surface area contributed by atoms with E-state index in [0.29, 0.717) is 4.47 Å². The molecule has 0 saturated carbocycles. The van der Waals surface area contributed by atoms with Crippen LogP contribution in [0.25, 0.3) is 0 Å². The van der Waals surface area contributed by atoms with Crippen molar-refractivity contribution in [1.29, 1.82) is 0 Å². The Hall–Kier alpha value is -1.62. The van der Waals surface area contributed by atoms with Crippen molar-refractivity contribution in [1.82, 2.24) is 4.98 Å². The quantitative estimate of drug-likeness (QED) is 0.811. The minimum atomic E-state index is -0.600. The van der Waals surface area contributed by atoms with Crippen LogP contribution in [0.1, 0.15) is 16.1 Å². The van der Waals surface area contributed by atoms with Crippen LogP contribution in [-0.2, 0) is 6.42 Å². The minimum Gasteiger partial charge on any atom is -0.292 e. The fourth-order valence-electron chi connectivity index (χ4n) is 1.53. The van der Waals surface area contributed by atoms with Gasteiger partial charge in [-0.25, -0.2) is 8.78 Å². The molecule has 2 aromatic rings. The normalized spacial score (nSPS) is 10.4. The van der Waals surface area contributed by atoms with Crippen molar-refractivity contribution >= 4 is 21.7 Å². The van der Waals surface area contributed by atoms with Gasteiger partial charge in [0.15, 0.2) is 5.78 Å². The number of hydrogen-bond acceptors (Lipinski definition) is 2. The molecule has 0 N–H and O–H groups in total. The molecule has 92 valence electrons. The molecule has 0 fully saturated rings. The summed E-state index contributed by atoms with van der Waals surface area (Å²) in [4.78, 5) is 15.8. The first-order valence-electron chi connectivity index (χ1n) is 5.15. The average molecular weight is 312 g/mol. The second-order valence-corrected chi connectivity index (χ2v) is 4.52. The first kappa shape index (κ1) is 12.8. The van der Waals surface area contributed by atoms with E-state index >= 15 is 0 Å². The molecule has 0 saturated heterocycles. The van der Waals surface area contributed by atoms with Gasteiger partial charge in [-0.3, -0.25) is 9.78 Å². The Morgan fingerprint density at radius 3 is 2.78 bits per heavy atom. The van der Waals surface area contributed by atoms with Crippen molar-refractivity contribution < 1.29 is 13.6 Å². The summed E-state index contributed by atoms with van der Waals surface area (Å²) < 4.78 is 26.9. The summed E-state index contributed by atoms with van der Waals surface area (Å²) >= 11 is 3.19. The predicted molar refractivity (Wildman–Crippen MR) is 66.3 cm³/mol. The molecule has 0 aliphatic heterocycles. The molecule has 0 bridgehead atoms. The average Bonchev–Trinajstić information content (AvgIpc) is 2.34. The van der Waals surface area contributed by atoms with E-state index in [1.165, 1.54) is 6.20 Å². The maximum absolute atomic E-state index is 13.4. The Kier molecular flexibility index (Phi) is 3.81. The van der Waals surface area contributed by atoms with Gasteiger partial charge in [0.25, 0.3) is 0 Å². The Balaban J connectivity index is 2.27. The van der Waals surface area contributed by atoms with Crippen molar-refractivity contribution in [2.24, 2.45) is 0 Å². The van der Waals surface area contributed by atoms with Crippen LogP contribution < -0.4 is 0 Å². The van der Waals surface area contributed by atoms with Crippen molar-refractivity contribution in [2.45, 2.75) is 6.42 Å². The lowest BCUT2D eigenvalue weighted by molar-refractivity contribution is 0.0986. The topological polar surface area (TPSA) is 30.0 Å². The van der Waals surface area contributed by atoms with Gasteiger partial charge >= 0.3 is 0 Å². The number of rotatable bonds is 3. The van der Waals surface area contributed by atoms with Crippen LogP contribution in [0.2, 0.25) is 0 Å². The largest absolute Gasteiger partial charge is 0.292 e. The Morgan fingerprint density at radius 2 is 2.06 bits per heavy atom. The van der Waals surface area contributed by atoms with Crippen LogP contribution >= 0.6 is 15.9 Å². The third kappa shape index (κ3) is 2.79. The van der Waals surface area contributed by atoms with Gasteiger partial charge in [0, 0.05) is 17.1 Å². The zero-order valence-electron chi connectivity index (χ0n) is 9.16. The molecule has 0 aliphatic rings. The van der Waals surface area contributed by atoms with Crippen LogP contribution in [0.4, 0.5) is 8.78 Å². The van der Waals surface area contributed by atoms with Crippen LogP contribution in [0.5, 0.6) is 0 Å². The molecule has 0 radical (unpaired) electrons. The molecule has 0 atom stereocenters. The van der Waals surface area contributed by atoms with Gasteiger partial charge in [-0.1, -0.05) is 0 Å². The molecule has 2 rings (SSSR count). The molecule has 18 heavy (non-hydrogen) atoms. The fourth-order valence-corrected chi connectivity index (χ4v) is 2.00. The Morgan fingerprint density at radius 1 is 1.28 bits per heavy atom. The number of benzene rings is 1. The molecular weight excluding hydrogens is 304 g/mol. The Labute approximate surface area is 111 Å². The maximum atomic E-state index is 13.4. The van der Waals surface area contributed by atoms with Crippen LogP contribution in [0.3, 0.4) is 0 Å². The van der Waals surface area contributed by atoms with Crippen molar-refractivity contribution in [2.75, 3.05) is 0 Å². The number of carbonyl (C=O) groups excluding carboxylic acids is 1. The van der Waals surface area contributed by atoms with Gasteiger partial charge in [0.2, 0.25) is 0 Å². The molecule has 0 unspecified atom stereocenters. The molecular formula is C13H8BrF2NO. The number of pyridine rings is 1. The first-order chi connectivity index (χ1) is 8.58. The first-order valence-corrected chi connectivity index (χ1v) is 5.95. The third-order valence-electron chi connectivity index (χ3n) is 2.38. The lowest BCUT2D eigenvalue weighted by Gasteiger charge is -2.04. The highest BCUT2D eigenvalue weighted by molar-refractivity contribution is 9.10. The second kappa shape index (κ2) is 5.35. The van der Waals surface area contributed by atoms with Crippen molar-refractivity contribution in [3.63, 3.8) is 0 Å². The molecule has 2 nitrogen and oxygen atoms in total. The van der Waals surface area contributed by atoms with Gasteiger partial charge in [0.1, 0.15) is 17.3 Å². The second-order valence-electron chi connectivity index (χ2n) is 3.67. The van der Waals surface area contributed by atoms with Crippen LogP contribution in [0.15, 0.2) is 41.0 Å². The van der Waals surface area contributed by atoms with Gasteiger partial charge in [-0.05, 0) is 51.8 Å². The van der Waals surface area contributed by atoms with Gasteiger partial charge < -0.3 is 0 Å². The molecule has 0 amide bonds. The summed E-state index contributed by atoms with van der Waals surface area (Å²) in [7, 11) is 0. The Bertz CT molecular complexity index is 601. The highest BCUT2D eigenvalue weighted by Crippen LogP contribution is 2.17. The SMILES string of the molecule is O=C(Cc1cc(F)ccc1F)c1ncccc1Br. The molecule has 1 heterocycles. The number of hydrogen-bond donors (Lipinski definition) is 0. The summed E-state index contributed by atoms with van der Waals surface area (Å²) in [6, 6.07) is 6.38. The van der Waals surface area contributed by atoms with E-state index in [1.54, 1.807) is 12.1 Å². The van der Waals surface area contributed by atoms with E-state index in [-0.39, 0.29) is 23.5 Å². The standard InChI is InChI=1S/C13H8BrF2NO/c14-10-2-1-5-17-13(10)12(18)7-8-6-9(15)3-4-11(8)16/h1-6H,7H2. The van der Waals surface area contributed by atoms with E-state index in [4.69, 9.17) is 0 Å². The lowest BCUT2D eigenvalue weighted by atomic mass is 10.1. The van der Waals surface area contributed by atoms with E-state index in [9.17, 15) is 13.6 Å². The monoisotopic (exact) mass is 311 g/mol. The van der Waals surface area contributed by atoms with E-state index in [1.807, 2.05) is 0 Å². The van der Waals surface area contributed by atoms with Crippen LogP contribution in [-0.4, -0.2) is 10.8 Å². The highest BCUT2D eigenvalue weighted by atomic mass is 79.9. The number of Topliss-reactive ketones (excluding diaryl/α,β-unsaturated/α-hetero) is 1.